The van der Waals surface area contributed by atoms with Crippen LogP contribution in [0.2, 0.25) is 0 Å². The van der Waals surface area contributed by atoms with Crippen LogP contribution >= 0.6 is 15.9 Å². The lowest BCUT2D eigenvalue weighted by Gasteiger charge is -2.20. The molecule has 0 fully saturated rings. The van der Waals surface area contributed by atoms with E-state index in [1.165, 1.54) is 12.1 Å². The molecule has 0 aliphatic rings. The van der Waals surface area contributed by atoms with Crippen LogP contribution < -0.4 is 5.32 Å². The van der Waals surface area contributed by atoms with Crippen molar-refractivity contribution in [2.24, 2.45) is 0 Å². The van der Waals surface area contributed by atoms with E-state index in [1.54, 1.807) is 6.07 Å². The minimum atomic E-state index is -0.248. The first-order chi connectivity index (χ1) is 7.38. The molecule has 1 aromatic rings. The summed E-state index contributed by atoms with van der Waals surface area (Å²) in [5, 5.41) is 3.11. The first-order valence-corrected chi connectivity index (χ1v) is 6.01. The molecule has 0 unspecified atom stereocenters. The van der Waals surface area contributed by atoms with Gasteiger partial charge in [-0.2, -0.15) is 0 Å². The summed E-state index contributed by atoms with van der Waals surface area (Å²) in [6.07, 6.45) is 0. The highest BCUT2D eigenvalue weighted by atomic mass is 79.9. The summed E-state index contributed by atoms with van der Waals surface area (Å²) in [5.41, 5.74) is 0.610. The van der Waals surface area contributed by atoms with E-state index in [2.05, 4.69) is 21.2 Å². The molecule has 0 heterocycles. The van der Waals surface area contributed by atoms with Crippen molar-refractivity contribution in [3.63, 3.8) is 0 Å². The predicted octanol–water partition coefficient (Wildman–Crippen LogP) is 3.82. The highest BCUT2D eigenvalue weighted by Gasteiger charge is 2.09. The van der Waals surface area contributed by atoms with Crippen molar-refractivity contribution in [3.05, 3.63) is 28.5 Å². The SMILES string of the molecule is CC(C)(C)OCCNc1cc(F)ccc1Br. The second kappa shape index (κ2) is 5.64. The maximum Gasteiger partial charge on any atom is 0.125 e. The summed E-state index contributed by atoms with van der Waals surface area (Å²) >= 11 is 3.35. The van der Waals surface area contributed by atoms with Gasteiger partial charge in [-0.25, -0.2) is 4.39 Å². The summed E-state index contributed by atoms with van der Waals surface area (Å²) in [6.45, 7) is 7.26. The Balaban J connectivity index is 2.40. The van der Waals surface area contributed by atoms with Crippen LogP contribution in [0, 0.1) is 5.82 Å². The van der Waals surface area contributed by atoms with Gasteiger partial charge in [0.25, 0.3) is 0 Å². The van der Waals surface area contributed by atoms with Gasteiger partial charge in [-0.3, -0.25) is 0 Å². The lowest BCUT2D eigenvalue weighted by Crippen LogP contribution is -2.23. The zero-order valence-electron chi connectivity index (χ0n) is 9.81. The molecule has 2 nitrogen and oxygen atoms in total. The minimum Gasteiger partial charge on any atom is -0.382 e. The van der Waals surface area contributed by atoms with Gasteiger partial charge in [0, 0.05) is 11.0 Å². The molecule has 0 aromatic heterocycles. The largest absolute Gasteiger partial charge is 0.382 e. The average Bonchev–Trinajstić information content (AvgIpc) is 2.16. The Hall–Kier alpha value is -0.610. The molecule has 0 saturated heterocycles. The van der Waals surface area contributed by atoms with E-state index in [1.807, 2.05) is 20.8 Å². The van der Waals surface area contributed by atoms with Gasteiger partial charge >= 0.3 is 0 Å². The zero-order valence-corrected chi connectivity index (χ0v) is 11.4. The monoisotopic (exact) mass is 289 g/mol. The maximum absolute atomic E-state index is 13.0. The fourth-order valence-electron chi connectivity index (χ4n) is 1.18. The van der Waals surface area contributed by atoms with Crippen molar-refractivity contribution < 1.29 is 9.13 Å². The van der Waals surface area contributed by atoms with Gasteiger partial charge in [-0.05, 0) is 54.9 Å². The lowest BCUT2D eigenvalue weighted by molar-refractivity contribution is 0.00333. The lowest BCUT2D eigenvalue weighted by atomic mass is 10.2. The number of hydrogen-bond donors (Lipinski definition) is 1. The number of hydrogen-bond acceptors (Lipinski definition) is 2. The van der Waals surface area contributed by atoms with E-state index in [-0.39, 0.29) is 11.4 Å². The van der Waals surface area contributed by atoms with Gasteiger partial charge < -0.3 is 10.1 Å². The highest BCUT2D eigenvalue weighted by Crippen LogP contribution is 2.22. The molecule has 1 N–H and O–H groups in total. The van der Waals surface area contributed by atoms with E-state index in [0.717, 1.165) is 10.2 Å². The van der Waals surface area contributed by atoms with Crippen LogP contribution in [-0.4, -0.2) is 18.8 Å². The normalized spacial score (nSPS) is 11.6. The fraction of sp³-hybridized carbons (Fsp3) is 0.500. The van der Waals surface area contributed by atoms with Crippen molar-refractivity contribution in [2.75, 3.05) is 18.5 Å². The van der Waals surface area contributed by atoms with Crippen LogP contribution in [0.15, 0.2) is 22.7 Å². The predicted molar refractivity (Wildman–Crippen MR) is 68.3 cm³/mol. The number of halogens is 2. The van der Waals surface area contributed by atoms with Crippen molar-refractivity contribution in [3.8, 4) is 0 Å². The second-order valence-electron chi connectivity index (χ2n) is 4.51. The third kappa shape index (κ3) is 4.94. The van der Waals surface area contributed by atoms with Gasteiger partial charge in [0.1, 0.15) is 5.82 Å². The van der Waals surface area contributed by atoms with Gasteiger partial charge in [0.15, 0.2) is 0 Å². The summed E-state index contributed by atoms with van der Waals surface area (Å²) in [5.74, 6) is -0.248. The Morgan fingerprint density at radius 2 is 2.06 bits per heavy atom. The molecule has 1 aromatic carbocycles. The number of benzene rings is 1. The second-order valence-corrected chi connectivity index (χ2v) is 5.37. The number of ether oxygens (including phenoxy) is 1. The van der Waals surface area contributed by atoms with Crippen molar-refractivity contribution in [1.29, 1.82) is 0 Å². The Labute approximate surface area is 104 Å². The summed E-state index contributed by atoms with van der Waals surface area (Å²) in [4.78, 5) is 0. The molecular weight excluding hydrogens is 273 g/mol. The van der Waals surface area contributed by atoms with Gasteiger partial charge in [-0.15, -0.1) is 0 Å². The molecule has 0 aliphatic carbocycles. The van der Waals surface area contributed by atoms with Crippen LogP contribution in [0.4, 0.5) is 10.1 Å². The smallest absolute Gasteiger partial charge is 0.125 e. The van der Waals surface area contributed by atoms with Crippen LogP contribution in [0.25, 0.3) is 0 Å². The third-order valence-electron chi connectivity index (χ3n) is 1.88. The number of nitrogens with one attached hydrogen (secondary N) is 1. The topological polar surface area (TPSA) is 21.3 Å². The standard InChI is InChI=1S/C12H17BrFNO/c1-12(2,3)16-7-6-15-11-8-9(14)4-5-10(11)13/h4-5,8,15H,6-7H2,1-3H3. The first kappa shape index (κ1) is 13.5. The van der Waals surface area contributed by atoms with Crippen LogP contribution in [-0.2, 0) is 4.74 Å². The highest BCUT2D eigenvalue weighted by molar-refractivity contribution is 9.10. The molecule has 0 bridgehead atoms. The number of anilines is 1. The number of rotatable bonds is 4. The van der Waals surface area contributed by atoms with Gasteiger partial charge in [-0.1, -0.05) is 0 Å². The molecule has 1 rings (SSSR count). The molecular formula is C12H17BrFNO. The fourth-order valence-corrected chi connectivity index (χ4v) is 1.56. The van der Waals surface area contributed by atoms with E-state index < -0.39 is 0 Å². The summed E-state index contributed by atoms with van der Waals surface area (Å²) < 4.78 is 19.4. The van der Waals surface area contributed by atoms with E-state index in [4.69, 9.17) is 4.74 Å². The van der Waals surface area contributed by atoms with Crippen LogP contribution in [0.3, 0.4) is 0 Å². The van der Waals surface area contributed by atoms with Crippen molar-refractivity contribution in [1.82, 2.24) is 0 Å². The quantitative estimate of drug-likeness (QED) is 0.851. The zero-order chi connectivity index (χ0) is 12.2. The molecule has 0 atom stereocenters. The van der Waals surface area contributed by atoms with Crippen molar-refractivity contribution in [2.45, 2.75) is 26.4 Å². The van der Waals surface area contributed by atoms with Gasteiger partial charge in [0.2, 0.25) is 0 Å². The molecule has 16 heavy (non-hydrogen) atoms. The van der Waals surface area contributed by atoms with E-state index in [0.29, 0.717) is 13.2 Å². The Kier molecular flexibility index (Phi) is 4.74. The molecule has 90 valence electrons. The Morgan fingerprint density at radius 1 is 1.38 bits per heavy atom. The van der Waals surface area contributed by atoms with Gasteiger partial charge in [0.05, 0.1) is 17.9 Å². The van der Waals surface area contributed by atoms with E-state index >= 15 is 0 Å². The maximum atomic E-state index is 13.0. The third-order valence-corrected chi connectivity index (χ3v) is 2.57. The Morgan fingerprint density at radius 3 is 2.69 bits per heavy atom. The van der Waals surface area contributed by atoms with Crippen LogP contribution in [0.1, 0.15) is 20.8 Å². The van der Waals surface area contributed by atoms with Crippen molar-refractivity contribution >= 4 is 21.6 Å². The molecule has 0 aliphatic heterocycles. The molecule has 4 heteroatoms. The van der Waals surface area contributed by atoms with Crippen LogP contribution in [0.5, 0.6) is 0 Å². The van der Waals surface area contributed by atoms with E-state index in [9.17, 15) is 4.39 Å². The minimum absolute atomic E-state index is 0.138. The molecule has 0 amide bonds. The summed E-state index contributed by atoms with van der Waals surface area (Å²) in [6, 6.07) is 4.56. The summed E-state index contributed by atoms with van der Waals surface area (Å²) in [7, 11) is 0. The molecule has 0 saturated carbocycles. The Bertz CT molecular complexity index is 349. The first-order valence-electron chi connectivity index (χ1n) is 5.21. The molecule has 0 spiro atoms. The molecule has 0 radical (unpaired) electrons. The average molecular weight is 290 g/mol.